The lowest BCUT2D eigenvalue weighted by molar-refractivity contribution is 0.133. The number of hydrogen-bond acceptors (Lipinski definition) is 4. The first-order chi connectivity index (χ1) is 8.22. The number of rotatable bonds is 8. The average Bonchev–Trinajstić information content (AvgIpc) is 2.31. The normalized spacial score (nSPS) is 19.1. The van der Waals surface area contributed by atoms with Gasteiger partial charge < -0.3 is 15.1 Å². The van der Waals surface area contributed by atoms with Crippen molar-refractivity contribution in [3.05, 3.63) is 0 Å². The van der Waals surface area contributed by atoms with Gasteiger partial charge in [0.1, 0.15) is 0 Å². The highest BCUT2D eigenvalue weighted by Gasteiger charge is 2.14. The smallest absolute Gasteiger partial charge is 0.0110 e. The van der Waals surface area contributed by atoms with Crippen LogP contribution in [0.2, 0.25) is 0 Å². The Morgan fingerprint density at radius 3 is 2.06 bits per heavy atom. The molecule has 4 heteroatoms. The van der Waals surface area contributed by atoms with E-state index in [4.69, 9.17) is 0 Å². The minimum atomic E-state index is 1.10. The fraction of sp³-hybridized carbons (Fsp3) is 1.00. The van der Waals surface area contributed by atoms with Gasteiger partial charge in [0.15, 0.2) is 0 Å². The van der Waals surface area contributed by atoms with E-state index in [0.717, 1.165) is 19.6 Å². The third kappa shape index (κ3) is 6.99. The first kappa shape index (κ1) is 14.9. The molecule has 1 saturated heterocycles. The Morgan fingerprint density at radius 1 is 0.941 bits per heavy atom. The van der Waals surface area contributed by atoms with Crippen LogP contribution in [0.5, 0.6) is 0 Å². The van der Waals surface area contributed by atoms with Gasteiger partial charge in [-0.2, -0.15) is 0 Å². The Labute approximate surface area is 107 Å². The number of hydrogen-bond donors (Lipinski definition) is 1. The van der Waals surface area contributed by atoms with Crippen LogP contribution >= 0.6 is 0 Å². The molecule has 1 heterocycles. The van der Waals surface area contributed by atoms with Crippen LogP contribution in [-0.2, 0) is 0 Å². The van der Waals surface area contributed by atoms with Crippen LogP contribution in [0.3, 0.4) is 0 Å². The molecule has 102 valence electrons. The summed E-state index contributed by atoms with van der Waals surface area (Å²) in [5.41, 5.74) is 0. The Balaban J connectivity index is 1.95. The van der Waals surface area contributed by atoms with Gasteiger partial charge in [0.2, 0.25) is 0 Å². The molecule has 1 aliphatic heterocycles. The number of nitrogens with zero attached hydrogens (tertiary/aromatic N) is 3. The van der Waals surface area contributed by atoms with E-state index in [0.29, 0.717) is 0 Å². The highest BCUT2D eigenvalue weighted by Crippen LogP contribution is 2.01. The highest BCUT2D eigenvalue weighted by molar-refractivity contribution is 4.72. The fourth-order valence-corrected chi connectivity index (χ4v) is 2.22. The van der Waals surface area contributed by atoms with Gasteiger partial charge in [-0.05, 0) is 27.1 Å². The van der Waals surface area contributed by atoms with Gasteiger partial charge in [-0.1, -0.05) is 6.92 Å². The van der Waals surface area contributed by atoms with Crippen LogP contribution in [0.15, 0.2) is 0 Å². The monoisotopic (exact) mass is 242 g/mol. The predicted molar refractivity (Wildman–Crippen MR) is 74.6 cm³/mol. The van der Waals surface area contributed by atoms with Crippen molar-refractivity contribution >= 4 is 0 Å². The molecule has 0 saturated carbocycles. The van der Waals surface area contributed by atoms with Crippen molar-refractivity contribution in [3.8, 4) is 0 Å². The summed E-state index contributed by atoms with van der Waals surface area (Å²) in [5.74, 6) is 0. The van der Waals surface area contributed by atoms with Crippen LogP contribution in [0.25, 0.3) is 0 Å². The molecule has 0 aliphatic carbocycles. The van der Waals surface area contributed by atoms with Gasteiger partial charge in [0.25, 0.3) is 0 Å². The summed E-state index contributed by atoms with van der Waals surface area (Å²) in [6.07, 6.45) is 1.28. The average molecular weight is 242 g/mol. The van der Waals surface area contributed by atoms with Crippen molar-refractivity contribution in [1.82, 2.24) is 20.0 Å². The number of piperazine rings is 1. The summed E-state index contributed by atoms with van der Waals surface area (Å²) < 4.78 is 0. The van der Waals surface area contributed by atoms with Gasteiger partial charge in [-0.25, -0.2) is 0 Å². The maximum Gasteiger partial charge on any atom is 0.0110 e. The molecule has 4 nitrogen and oxygen atoms in total. The highest BCUT2D eigenvalue weighted by atomic mass is 15.3. The summed E-state index contributed by atoms with van der Waals surface area (Å²) in [5, 5.41) is 3.50. The van der Waals surface area contributed by atoms with E-state index in [2.05, 4.69) is 41.0 Å². The first-order valence-corrected chi connectivity index (χ1v) is 7.02. The zero-order valence-corrected chi connectivity index (χ0v) is 11.9. The molecule has 1 fully saturated rings. The quantitative estimate of drug-likeness (QED) is 0.612. The molecule has 0 bridgehead atoms. The van der Waals surface area contributed by atoms with Crippen LogP contribution in [0.1, 0.15) is 13.3 Å². The second-order valence-corrected chi connectivity index (χ2v) is 5.24. The number of likely N-dealkylation sites (N-methyl/N-ethyl adjacent to an activating group) is 1. The van der Waals surface area contributed by atoms with Crippen molar-refractivity contribution in [2.75, 3.05) is 73.0 Å². The molecule has 0 unspecified atom stereocenters. The van der Waals surface area contributed by atoms with Gasteiger partial charge >= 0.3 is 0 Å². The molecule has 1 aliphatic rings. The van der Waals surface area contributed by atoms with Crippen LogP contribution < -0.4 is 5.32 Å². The summed E-state index contributed by atoms with van der Waals surface area (Å²) >= 11 is 0. The van der Waals surface area contributed by atoms with Gasteiger partial charge in [0.05, 0.1) is 0 Å². The SMILES string of the molecule is CCCN1CCN(CCNCCN(C)C)CC1. The predicted octanol–water partition coefficient (Wildman–Crippen LogP) is 0.165. The Hall–Kier alpha value is -0.160. The summed E-state index contributed by atoms with van der Waals surface area (Å²) in [7, 11) is 4.24. The lowest BCUT2D eigenvalue weighted by atomic mass is 10.3. The van der Waals surface area contributed by atoms with E-state index in [1.165, 1.54) is 45.7 Å². The zero-order valence-electron chi connectivity index (χ0n) is 11.9. The minimum Gasteiger partial charge on any atom is -0.314 e. The molecule has 0 radical (unpaired) electrons. The van der Waals surface area contributed by atoms with E-state index >= 15 is 0 Å². The van der Waals surface area contributed by atoms with E-state index in [1.807, 2.05) is 0 Å². The van der Waals surface area contributed by atoms with Gasteiger partial charge in [-0.15, -0.1) is 0 Å². The molecule has 0 amide bonds. The second kappa shape index (κ2) is 8.86. The molecule has 0 spiro atoms. The summed E-state index contributed by atoms with van der Waals surface area (Å²) in [6, 6.07) is 0. The van der Waals surface area contributed by atoms with Gasteiger partial charge in [-0.3, -0.25) is 4.90 Å². The third-order valence-electron chi connectivity index (χ3n) is 3.35. The van der Waals surface area contributed by atoms with Crippen molar-refractivity contribution in [1.29, 1.82) is 0 Å². The van der Waals surface area contributed by atoms with Crippen molar-refractivity contribution < 1.29 is 0 Å². The molecule has 0 aromatic heterocycles. The molecule has 0 atom stereocenters. The lowest BCUT2D eigenvalue weighted by Crippen LogP contribution is -2.48. The third-order valence-corrected chi connectivity index (χ3v) is 3.35. The number of nitrogens with one attached hydrogen (secondary N) is 1. The first-order valence-electron chi connectivity index (χ1n) is 7.02. The Morgan fingerprint density at radius 2 is 1.53 bits per heavy atom. The molecule has 0 aromatic carbocycles. The summed E-state index contributed by atoms with van der Waals surface area (Å²) in [4.78, 5) is 7.38. The standard InChI is InChI=1S/C13H30N4/c1-4-7-16-10-12-17(13-11-16)9-6-14-5-8-15(2)3/h14H,4-13H2,1-3H3. The molecule has 1 rings (SSSR count). The second-order valence-electron chi connectivity index (χ2n) is 5.24. The van der Waals surface area contributed by atoms with E-state index in [1.54, 1.807) is 0 Å². The van der Waals surface area contributed by atoms with Crippen molar-refractivity contribution in [3.63, 3.8) is 0 Å². The molecular weight excluding hydrogens is 212 g/mol. The maximum absolute atomic E-state index is 3.50. The van der Waals surface area contributed by atoms with Crippen LogP contribution in [-0.4, -0.2) is 87.7 Å². The zero-order chi connectivity index (χ0) is 12.5. The summed E-state index contributed by atoms with van der Waals surface area (Å²) in [6.45, 7) is 13.1. The molecule has 1 N–H and O–H groups in total. The van der Waals surface area contributed by atoms with Crippen molar-refractivity contribution in [2.45, 2.75) is 13.3 Å². The van der Waals surface area contributed by atoms with Crippen molar-refractivity contribution in [2.24, 2.45) is 0 Å². The fourth-order valence-electron chi connectivity index (χ4n) is 2.22. The van der Waals surface area contributed by atoms with E-state index in [9.17, 15) is 0 Å². The van der Waals surface area contributed by atoms with Crippen LogP contribution in [0, 0.1) is 0 Å². The maximum atomic E-state index is 3.50. The Kier molecular flexibility index (Phi) is 7.77. The molecule has 0 aromatic rings. The van der Waals surface area contributed by atoms with Gasteiger partial charge in [0, 0.05) is 52.4 Å². The van der Waals surface area contributed by atoms with Crippen LogP contribution in [0.4, 0.5) is 0 Å². The lowest BCUT2D eigenvalue weighted by Gasteiger charge is -2.34. The topological polar surface area (TPSA) is 21.8 Å². The Bertz CT molecular complexity index is 176. The molecule has 17 heavy (non-hydrogen) atoms. The molecular formula is C13H30N4. The largest absolute Gasteiger partial charge is 0.314 e. The van der Waals surface area contributed by atoms with E-state index in [-0.39, 0.29) is 0 Å². The minimum absolute atomic E-state index is 1.10. The van der Waals surface area contributed by atoms with E-state index < -0.39 is 0 Å².